The molecule has 1 aliphatic carbocycles. The van der Waals surface area contributed by atoms with Crippen LogP contribution in [0.1, 0.15) is 31.4 Å². The number of hydrogen-bond acceptors (Lipinski definition) is 7. The van der Waals surface area contributed by atoms with Gasteiger partial charge in [0.05, 0.1) is 30.1 Å². The summed E-state index contributed by atoms with van der Waals surface area (Å²) in [6.07, 6.45) is 5.86. The summed E-state index contributed by atoms with van der Waals surface area (Å²) in [5.74, 6) is 1.73. The van der Waals surface area contributed by atoms with Crippen molar-refractivity contribution in [2.24, 2.45) is 0 Å². The number of methoxy groups -OCH3 is 1. The van der Waals surface area contributed by atoms with E-state index in [-0.39, 0.29) is 5.25 Å². The molecule has 0 saturated heterocycles. The highest BCUT2D eigenvalue weighted by Gasteiger charge is 2.38. The number of sulfonamides is 1. The molecular formula is C24H25N5O4S. The van der Waals surface area contributed by atoms with Crippen molar-refractivity contribution in [1.29, 1.82) is 0 Å². The van der Waals surface area contributed by atoms with Crippen molar-refractivity contribution in [2.75, 3.05) is 7.11 Å². The monoisotopic (exact) mass is 479 g/mol. The number of hydrogen-bond donors (Lipinski definition) is 1. The van der Waals surface area contributed by atoms with Gasteiger partial charge in [0, 0.05) is 29.4 Å². The van der Waals surface area contributed by atoms with E-state index < -0.39 is 22.2 Å². The Balaban J connectivity index is 1.46. The average Bonchev–Trinajstić information content (AvgIpc) is 3.64. The predicted molar refractivity (Wildman–Crippen MR) is 128 cm³/mol. The Labute approximate surface area is 197 Å². The first-order valence-electron chi connectivity index (χ1n) is 11.0. The number of benzene rings is 1. The van der Waals surface area contributed by atoms with E-state index in [2.05, 4.69) is 19.8 Å². The van der Waals surface area contributed by atoms with Crippen LogP contribution in [0.15, 0.2) is 67.1 Å². The molecule has 2 unspecified atom stereocenters. The van der Waals surface area contributed by atoms with Gasteiger partial charge in [-0.25, -0.2) is 27.8 Å². The van der Waals surface area contributed by atoms with Crippen LogP contribution in [0.5, 0.6) is 11.6 Å². The molecule has 3 heterocycles. The third-order valence-corrected chi connectivity index (χ3v) is 7.78. The summed E-state index contributed by atoms with van der Waals surface area (Å²) in [5.41, 5.74) is 1.64. The Hall–Kier alpha value is -3.50. The second-order valence-electron chi connectivity index (χ2n) is 8.29. The molecule has 9 nitrogen and oxygen atoms in total. The van der Waals surface area contributed by atoms with Gasteiger partial charge in [-0.15, -0.1) is 0 Å². The van der Waals surface area contributed by atoms with E-state index >= 15 is 0 Å². The van der Waals surface area contributed by atoms with Gasteiger partial charge in [0.1, 0.15) is 11.9 Å². The van der Waals surface area contributed by atoms with Gasteiger partial charge in [0.2, 0.25) is 15.9 Å². The quantitative estimate of drug-likeness (QED) is 0.392. The normalized spacial score (nSPS) is 15.7. The molecule has 0 spiro atoms. The minimum Gasteiger partial charge on any atom is -0.484 e. The third kappa shape index (κ3) is 4.59. The average molecular weight is 480 g/mol. The van der Waals surface area contributed by atoms with E-state index in [1.54, 1.807) is 42.3 Å². The maximum absolute atomic E-state index is 12.6. The largest absolute Gasteiger partial charge is 0.484 e. The lowest BCUT2D eigenvalue weighted by atomic mass is 10.1. The van der Waals surface area contributed by atoms with E-state index in [0.717, 1.165) is 22.3 Å². The lowest BCUT2D eigenvalue weighted by molar-refractivity contribution is 0.172. The van der Waals surface area contributed by atoms with Crippen molar-refractivity contribution in [3.63, 3.8) is 0 Å². The highest BCUT2D eigenvalue weighted by molar-refractivity contribution is 7.90. The van der Waals surface area contributed by atoms with Gasteiger partial charge in [-0.2, -0.15) is 5.10 Å². The second-order valence-corrected chi connectivity index (χ2v) is 10.3. The summed E-state index contributed by atoms with van der Waals surface area (Å²) in [6.45, 7) is 1.80. The molecule has 1 fully saturated rings. The fourth-order valence-electron chi connectivity index (χ4n) is 3.86. The van der Waals surface area contributed by atoms with Gasteiger partial charge in [0.15, 0.2) is 5.82 Å². The van der Waals surface area contributed by atoms with Crippen LogP contribution in [0.3, 0.4) is 0 Å². The zero-order chi connectivity index (χ0) is 23.7. The molecule has 1 aromatic carbocycles. The lowest BCUT2D eigenvalue weighted by Crippen LogP contribution is -2.40. The van der Waals surface area contributed by atoms with Gasteiger partial charge < -0.3 is 9.47 Å². The molecule has 0 amide bonds. The summed E-state index contributed by atoms with van der Waals surface area (Å²) in [6, 6.07) is 14.3. The van der Waals surface area contributed by atoms with E-state index in [9.17, 15) is 8.42 Å². The Morgan fingerprint density at radius 2 is 1.94 bits per heavy atom. The topological polar surface area (TPSA) is 108 Å². The summed E-state index contributed by atoms with van der Waals surface area (Å²) in [7, 11) is -1.87. The molecule has 10 heteroatoms. The molecule has 2 atom stereocenters. The Kier molecular flexibility index (Phi) is 5.93. The zero-order valence-corrected chi connectivity index (χ0v) is 19.6. The van der Waals surface area contributed by atoms with Gasteiger partial charge >= 0.3 is 0 Å². The summed E-state index contributed by atoms with van der Waals surface area (Å²) >= 11 is 0. The van der Waals surface area contributed by atoms with E-state index in [1.165, 1.54) is 7.11 Å². The maximum Gasteiger partial charge on any atom is 0.214 e. The van der Waals surface area contributed by atoms with Crippen molar-refractivity contribution >= 4 is 20.9 Å². The number of nitrogens with zero attached hydrogens (tertiary/aromatic N) is 4. The molecule has 0 radical (unpaired) electrons. The predicted octanol–water partition coefficient (Wildman–Crippen LogP) is 3.41. The van der Waals surface area contributed by atoms with E-state index in [0.29, 0.717) is 24.5 Å². The molecule has 34 heavy (non-hydrogen) atoms. The third-order valence-electron chi connectivity index (χ3n) is 5.73. The Morgan fingerprint density at radius 1 is 1.09 bits per heavy atom. The van der Waals surface area contributed by atoms with Crippen LogP contribution in [-0.2, 0) is 10.0 Å². The van der Waals surface area contributed by atoms with Crippen LogP contribution in [0.4, 0.5) is 0 Å². The molecule has 0 bridgehead atoms. The van der Waals surface area contributed by atoms with Crippen LogP contribution in [0, 0.1) is 0 Å². The van der Waals surface area contributed by atoms with Crippen LogP contribution in [0.25, 0.3) is 16.7 Å². The summed E-state index contributed by atoms with van der Waals surface area (Å²) < 4.78 is 41.4. The fraction of sp³-hybridized carbons (Fsp3) is 0.292. The molecule has 3 aromatic heterocycles. The molecule has 1 saturated carbocycles. The number of fused-ring (bicyclic) bond motifs is 1. The minimum absolute atomic E-state index is 0.323. The van der Waals surface area contributed by atoms with Gasteiger partial charge in [0.25, 0.3) is 0 Å². The number of pyridine rings is 2. The molecule has 4 aromatic rings. The van der Waals surface area contributed by atoms with Crippen LogP contribution in [0.2, 0.25) is 0 Å². The fourth-order valence-corrected chi connectivity index (χ4v) is 5.45. The van der Waals surface area contributed by atoms with Crippen molar-refractivity contribution < 1.29 is 17.9 Å². The highest BCUT2D eigenvalue weighted by Crippen LogP contribution is 2.32. The molecule has 5 rings (SSSR count). The highest BCUT2D eigenvalue weighted by atomic mass is 32.2. The summed E-state index contributed by atoms with van der Waals surface area (Å²) in [5, 5.41) is 5.01. The molecule has 1 aliphatic rings. The molecule has 1 N–H and O–H groups in total. The zero-order valence-electron chi connectivity index (χ0n) is 18.8. The van der Waals surface area contributed by atoms with E-state index in [1.807, 2.05) is 36.4 Å². The Morgan fingerprint density at radius 3 is 2.68 bits per heavy atom. The van der Waals surface area contributed by atoms with Crippen LogP contribution >= 0.6 is 0 Å². The Bertz CT molecular complexity index is 1400. The number of ether oxygens (including phenoxy) is 2. The SMILES string of the molecule is COc1cc(C(Oc2ccc3c(cnn3-c3ccccn3)c2)C(C)NS(=O)(=O)C2CC2)ccn1. The van der Waals surface area contributed by atoms with Crippen molar-refractivity contribution in [3.05, 3.63) is 72.7 Å². The number of rotatable bonds is 9. The van der Waals surface area contributed by atoms with Crippen molar-refractivity contribution in [2.45, 2.75) is 37.2 Å². The summed E-state index contributed by atoms with van der Waals surface area (Å²) in [4.78, 5) is 8.52. The minimum atomic E-state index is -3.41. The first-order valence-corrected chi connectivity index (χ1v) is 12.6. The first-order chi connectivity index (χ1) is 16.4. The molecule has 176 valence electrons. The standard InChI is InChI=1S/C24H25N5O4S/c1-16(28-34(30,31)20-7-8-20)24(17-10-12-26-23(14-17)32-2)33-19-6-9-21-18(13-19)15-27-29(21)22-5-3-4-11-25-22/h3-6,9-16,20,24,28H,7-8H2,1-2H3. The van der Waals surface area contributed by atoms with Gasteiger partial charge in [-0.3, -0.25) is 0 Å². The van der Waals surface area contributed by atoms with Crippen molar-refractivity contribution in [1.82, 2.24) is 24.5 Å². The molecular weight excluding hydrogens is 454 g/mol. The number of aromatic nitrogens is 4. The second kappa shape index (κ2) is 9.03. The maximum atomic E-state index is 12.6. The first kappa shape index (κ1) is 22.3. The lowest BCUT2D eigenvalue weighted by Gasteiger charge is -2.26. The van der Waals surface area contributed by atoms with E-state index in [4.69, 9.17) is 9.47 Å². The van der Waals surface area contributed by atoms with Crippen molar-refractivity contribution in [3.8, 4) is 17.4 Å². The van der Waals surface area contributed by atoms with Crippen LogP contribution < -0.4 is 14.2 Å². The van der Waals surface area contributed by atoms with Gasteiger partial charge in [-0.05, 0) is 56.2 Å². The smallest absolute Gasteiger partial charge is 0.214 e. The molecule has 0 aliphatic heterocycles. The van der Waals surface area contributed by atoms with Crippen LogP contribution in [-0.4, -0.2) is 46.6 Å². The van der Waals surface area contributed by atoms with Gasteiger partial charge in [-0.1, -0.05) is 6.07 Å². The number of nitrogens with one attached hydrogen (secondary N) is 1.